The Balaban J connectivity index is 1.79. The van der Waals surface area contributed by atoms with E-state index in [1.54, 1.807) is 0 Å². The first kappa shape index (κ1) is 21.7. The highest BCUT2D eigenvalue weighted by Gasteiger charge is 2.28. The van der Waals surface area contributed by atoms with Crippen molar-refractivity contribution in [3.05, 3.63) is 35.4 Å². The third-order valence-electron chi connectivity index (χ3n) is 5.27. The van der Waals surface area contributed by atoms with Crippen LogP contribution in [0, 0.1) is 0 Å². The maximum absolute atomic E-state index is 12.7. The summed E-state index contributed by atoms with van der Waals surface area (Å²) < 4.78 is 5.68. The molecule has 0 radical (unpaired) electrons. The lowest BCUT2D eigenvalue weighted by Gasteiger charge is -2.35. The van der Waals surface area contributed by atoms with Crippen molar-refractivity contribution in [3.63, 3.8) is 0 Å². The van der Waals surface area contributed by atoms with E-state index in [0.29, 0.717) is 12.6 Å². The van der Waals surface area contributed by atoms with Gasteiger partial charge in [-0.05, 0) is 64.0 Å². The molecule has 2 rings (SSSR count). The molecule has 1 saturated carbocycles. The van der Waals surface area contributed by atoms with Crippen molar-refractivity contribution in [2.24, 2.45) is 5.73 Å². The van der Waals surface area contributed by atoms with Crippen molar-refractivity contribution in [1.29, 1.82) is 0 Å². The lowest BCUT2D eigenvalue weighted by Crippen LogP contribution is -2.44. The van der Waals surface area contributed by atoms with Crippen LogP contribution >= 0.6 is 0 Å². The molecule has 4 nitrogen and oxygen atoms in total. The third-order valence-corrected chi connectivity index (χ3v) is 5.27. The van der Waals surface area contributed by atoms with E-state index in [2.05, 4.69) is 24.3 Å². The van der Waals surface area contributed by atoms with Gasteiger partial charge in [-0.25, -0.2) is 4.79 Å². The Morgan fingerprint density at radius 3 is 2.26 bits per heavy atom. The third kappa shape index (κ3) is 7.92. The second-order valence-electron chi connectivity index (χ2n) is 8.80. The number of rotatable bonds is 8. The Kier molecular flexibility index (Phi) is 8.62. The fourth-order valence-electron chi connectivity index (χ4n) is 3.77. The predicted octanol–water partition coefficient (Wildman–Crippen LogP) is 5.43. The molecule has 4 heteroatoms. The highest BCUT2D eigenvalue weighted by Crippen LogP contribution is 2.25. The first-order valence-electron chi connectivity index (χ1n) is 10.7. The number of carbonyl (C=O) groups excluding carboxylic acids is 1. The number of benzene rings is 1. The molecule has 1 aliphatic rings. The van der Waals surface area contributed by atoms with Crippen LogP contribution in [0.25, 0.3) is 0 Å². The van der Waals surface area contributed by atoms with E-state index < -0.39 is 5.60 Å². The van der Waals surface area contributed by atoms with Crippen LogP contribution in [-0.2, 0) is 17.7 Å². The molecule has 0 atom stereocenters. The summed E-state index contributed by atoms with van der Waals surface area (Å²) >= 11 is 0. The molecule has 0 heterocycles. The van der Waals surface area contributed by atoms with E-state index in [0.717, 1.165) is 45.1 Å². The number of carbonyl (C=O) groups is 1. The minimum atomic E-state index is -0.431. The molecule has 1 aromatic rings. The Labute approximate surface area is 165 Å². The van der Waals surface area contributed by atoms with Gasteiger partial charge in [0.1, 0.15) is 5.60 Å². The van der Waals surface area contributed by atoms with Crippen molar-refractivity contribution in [3.8, 4) is 0 Å². The first-order chi connectivity index (χ1) is 12.9. The van der Waals surface area contributed by atoms with E-state index in [1.807, 2.05) is 25.7 Å². The molecule has 1 fully saturated rings. The Hall–Kier alpha value is -1.55. The normalized spacial score (nSPS) is 15.6. The van der Waals surface area contributed by atoms with Crippen LogP contribution in [0.5, 0.6) is 0 Å². The van der Waals surface area contributed by atoms with Crippen molar-refractivity contribution in [2.45, 2.75) is 96.7 Å². The smallest absolute Gasteiger partial charge is 0.410 e. The zero-order valence-corrected chi connectivity index (χ0v) is 17.5. The van der Waals surface area contributed by atoms with Crippen molar-refractivity contribution >= 4 is 6.09 Å². The van der Waals surface area contributed by atoms with Crippen LogP contribution in [0.2, 0.25) is 0 Å². The van der Waals surface area contributed by atoms with E-state index in [9.17, 15) is 4.79 Å². The predicted molar refractivity (Wildman–Crippen MR) is 112 cm³/mol. The summed E-state index contributed by atoms with van der Waals surface area (Å²) in [5.74, 6) is 0. The van der Waals surface area contributed by atoms with Gasteiger partial charge in [0.15, 0.2) is 0 Å². The molecule has 1 amide bonds. The Morgan fingerprint density at radius 1 is 1.04 bits per heavy atom. The molecule has 0 spiro atoms. The van der Waals surface area contributed by atoms with Gasteiger partial charge < -0.3 is 15.4 Å². The molecule has 1 aromatic carbocycles. The SMILES string of the molecule is CC(C)(C)OC(=O)N(CCCCCc1ccc(CN)cc1)C1CCCCC1. The summed E-state index contributed by atoms with van der Waals surface area (Å²) in [4.78, 5) is 14.7. The largest absolute Gasteiger partial charge is 0.444 e. The monoisotopic (exact) mass is 374 g/mol. The summed E-state index contributed by atoms with van der Waals surface area (Å²) in [7, 11) is 0. The Bertz CT molecular complexity index is 557. The minimum absolute atomic E-state index is 0.133. The summed E-state index contributed by atoms with van der Waals surface area (Å²) in [6.45, 7) is 7.24. The number of hydrogen-bond acceptors (Lipinski definition) is 3. The van der Waals surface area contributed by atoms with Gasteiger partial charge in [-0.2, -0.15) is 0 Å². The van der Waals surface area contributed by atoms with Gasteiger partial charge in [-0.1, -0.05) is 49.9 Å². The number of aryl methyl sites for hydroxylation is 1. The van der Waals surface area contributed by atoms with Gasteiger partial charge in [0.2, 0.25) is 0 Å². The van der Waals surface area contributed by atoms with Crippen molar-refractivity contribution < 1.29 is 9.53 Å². The quantitative estimate of drug-likeness (QED) is 0.617. The zero-order valence-electron chi connectivity index (χ0n) is 17.5. The van der Waals surface area contributed by atoms with Crippen LogP contribution in [0.1, 0.15) is 83.3 Å². The highest BCUT2D eigenvalue weighted by atomic mass is 16.6. The molecule has 1 aliphatic carbocycles. The van der Waals surface area contributed by atoms with Crippen LogP contribution in [0.3, 0.4) is 0 Å². The molecule has 0 saturated heterocycles. The number of hydrogen-bond donors (Lipinski definition) is 1. The van der Waals surface area contributed by atoms with Crippen LogP contribution in [-0.4, -0.2) is 29.2 Å². The number of nitrogens with zero attached hydrogens (tertiary/aromatic N) is 1. The summed E-state index contributed by atoms with van der Waals surface area (Å²) in [6.07, 6.45) is 10.2. The summed E-state index contributed by atoms with van der Waals surface area (Å²) in [6, 6.07) is 8.94. The number of ether oxygens (including phenoxy) is 1. The molecular formula is C23H38N2O2. The maximum Gasteiger partial charge on any atom is 0.410 e. The minimum Gasteiger partial charge on any atom is -0.444 e. The molecule has 0 unspecified atom stereocenters. The number of amides is 1. The van der Waals surface area contributed by atoms with Crippen LogP contribution in [0.4, 0.5) is 4.79 Å². The standard InChI is InChI=1S/C23H38N2O2/c1-23(2,3)27-22(26)25(21-11-7-4-8-12-21)17-9-5-6-10-19-13-15-20(18-24)16-14-19/h13-16,21H,4-12,17-18,24H2,1-3H3. The molecule has 2 N–H and O–H groups in total. The van der Waals surface area contributed by atoms with Gasteiger partial charge >= 0.3 is 6.09 Å². The van der Waals surface area contributed by atoms with Gasteiger partial charge in [0.25, 0.3) is 0 Å². The molecular weight excluding hydrogens is 336 g/mol. The average molecular weight is 375 g/mol. The van der Waals surface area contributed by atoms with Gasteiger partial charge in [-0.15, -0.1) is 0 Å². The highest BCUT2D eigenvalue weighted by molar-refractivity contribution is 5.68. The van der Waals surface area contributed by atoms with Crippen molar-refractivity contribution in [2.75, 3.05) is 6.54 Å². The second-order valence-corrected chi connectivity index (χ2v) is 8.80. The second kappa shape index (κ2) is 10.7. The summed E-state index contributed by atoms with van der Waals surface area (Å²) in [5.41, 5.74) is 7.76. The summed E-state index contributed by atoms with van der Waals surface area (Å²) in [5, 5.41) is 0. The van der Waals surface area contributed by atoms with Crippen LogP contribution < -0.4 is 5.73 Å². The molecule has 0 aromatic heterocycles. The lowest BCUT2D eigenvalue weighted by molar-refractivity contribution is 0.0117. The van der Waals surface area contributed by atoms with Crippen LogP contribution in [0.15, 0.2) is 24.3 Å². The van der Waals surface area contributed by atoms with Gasteiger partial charge in [0.05, 0.1) is 0 Å². The van der Waals surface area contributed by atoms with Gasteiger partial charge in [-0.3, -0.25) is 0 Å². The zero-order chi connectivity index (χ0) is 19.7. The van der Waals surface area contributed by atoms with Gasteiger partial charge in [0, 0.05) is 19.1 Å². The molecule has 0 aliphatic heterocycles. The van der Waals surface area contributed by atoms with E-state index >= 15 is 0 Å². The maximum atomic E-state index is 12.7. The fourth-order valence-corrected chi connectivity index (χ4v) is 3.77. The fraction of sp³-hybridized carbons (Fsp3) is 0.696. The molecule has 0 bridgehead atoms. The lowest BCUT2D eigenvalue weighted by atomic mass is 9.94. The number of unbranched alkanes of at least 4 members (excludes halogenated alkanes) is 2. The first-order valence-corrected chi connectivity index (χ1v) is 10.7. The number of nitrogens with two attached hydrogens (primary N) is 1. The van der Waals surface area contributed by atoms with Crippen molar-refractivity contribution in [1.82, 2.24) is 4.90 Å². The topological polar surface area (TPSA) is 55.6 Å². The molecule has 152 valence electrons. The van der Waals surface area contributed by atoms with E-state index in [-0.39, 0.29) is 6.09 Å². The van der Waals surface area contributed by atoms with E-state index in [4.69, 9.17) is 10.5 Å². The van der Waals surface area contributed by atoms with E-state index in [1.165, 1.54) is 30.4 Å². The average Bonchev–Trinajstić information content (AvgIpc) is 2.64. The molecule has 27 heavy (non-hydrogen) atoms. The Morgan fingerprint density at radius 2 is 1.67 bits per heavy atom.